The number of ether oxygens (including phenoxy) is 1. The molecule has 1 aromatic rings. The van der Waals surface area contributed by atoms with Crippen molar-refractivity contribution < 1.29 is 23.0 Å². The van der Waals surface area contributed by atoms with E-state index in [0.717, 1.165) is 6.07 Å². The minimum atomic E-state index is -4.48. The summed E-state index contributed by atoms with van der Waals surface area (Å²) >= 11 is 0. The summed E-state index contributed by atoms with van der Waals surface area (Å²) in [5.41, 5.74) is 4.87. The van der Waals surface area contributed by atoms with E-state index in [1.54, 1.807) is 6.92 Å². The SMILES string of the molecule is CC(CO)COc1ccc(CN)cc1C(F)(F)F. The monoisotopic (exact) mass is 263 g/mol. The smallest absolute Gasteiger partial charge is 0.419 e. The Morgan fingerprint density at radius 1 is 1.39 bits per heavy atom. The van der Waals surface area contributed by atoms with Gasteiger partial charge < -0.3 is 15.6 Å². The predicted octanol–water partition coefficient (Wildman–Crippen LogP) is 2.17. The molecule has 3 N–H and O–H groups in total. The zero-order valence-corrected chi connectivity index (χ0v) is 10.00. The van der Waals surface area contributed by atoms with Gasteiger partial charge in [0.15, 0.2) is 0 Å². The number of rotatable bonds is 5. The van der Waals surface area contributed by atoms with Crippen LogP contribution in [0.1, 0.15) is 18.1 Å². The second kappa shape index (κ2) is 6.06. The lowest BCUT2D eigenvalue weighted by molar-refractivity contribution is -0.139. The van der Waals surface area contributed by atoms with Crippen LogP contribution in [0.5, 0.6) is 5.75 Å². The maximum Gasteiger partial charge on any atom is 0.419 e. The number of aliphatic hydroxyl groups is 1. The Bertz CT molecular complexity index is 393. The number of halogens is 3. The Labute approximate surface area is 103 Å². The minimum absolute atomic E-state index is 0.0293. The van der Waals surface area contributed by atoms with Crippen molar-refractivity contribution in [1.82, 2.24) is 0 Å². The zero-order chi connectivity index (χ0) is 13.8. The van der Waals surface area contributed by atoms with E-state index < -0.39 is 11.7 Å². The average molecular weight is 263 g/mol. The number of benzene rings is 1. The zero-order valence-electron chi connectivity index (χ0n) is 10.00. The second-order valence-corrected chi connectivity index (χ2v) is 4.13. The first-order chi connectivity index (χ1) is 8.38. The van der Waals surface area contributed by atoms with Gasteiger partial charge in [-0.1, -0.05) is 13.0 Å². The highest BCUT2D eigenvalue weighted by molar-refractivity contribution is 5.39. The van der Waals surface area contributed by atoms with Crippen molar-refractivity contribution >= 4 is 0 Å². The van der Waals surface area contributed by atoms with E-state index in [4.69, 9.17) is 15.6 Å². The summed E-state index contributed by atoms with van der Waals surface area (Å²) in [6.45, 7) is 1.61. The highest BCUT2D eigenvalue weighted by atomic mass is 19.4. The molecule has 0 aliphatic carbocycles. The Morgan fingerprint density at radius 3 is 2.56 bits per heavy atom. The van der Waals surface area contributed by atoms with E-state index in [1.807, 2.05) is 0 Å². The van der Waals surface area contributed by atoms with Gasteiger partial charge in [0, 0.05) is 19.1 Å². The minimum Gasteiger partial charge on any atom is -0.493 e. The second-order valence-electron chi connectivity index (χ2n) is 4.13. The van der Waals surface area contributed by atoms with Gasteiger partial charge in [-0.05, 0) is 17.7 Å². The first-order valence-corrected chi connectivity index (χ1v) is 5.52. The first-order valence-electron chi connectivity index (χ1n) is 5.52. The molecule has 0 radical (unpaired) electrons. The Balaban J connectivity index is 2.96. The van der Waals surface area contributed by atoms with Crippen LogP contribution in [-0.4, -0.2) is 18.3 Å². The van der Waals surface area contributed by atoms with Gasteiger partial charge in [0.05, 0.1) is 12.2 Å². The number of alkyl halides is 3. The van der Waals surface area contributed by atoms with Crippen LogP contribution in [0.25, 0.3) is 0 Å². The maximum absolute atomic E-state index is 12.8. The molecule has 0 heterocycles. The van der Waals surface area contributed by atoms with Crippen LogP contribution in [0, 0.1) is 5.92 Å². The quantitative estimate of drug-likeness (QED) is 0.856. The summed E-state index contributed by atoms with van der Waals surface area (Å²) in [7, 11) is 0. The molecule has 0 saturated heterocycles. The summed E-state index contributed by atoms with van der Waals surface area (Å²) in [6.07, 6.45) is -4.48. The van der Waals surface area contributed by atoms with Gasteiger partial charge >= 0.3 is 6.18 Å². The normalized spacial score (nSPS) is 13.4. The number of nitrogens with two attached hydrogens (primary N) is 1. The van der Waals surface area contributed by atoms with Crippen LogP contribution in [0.4, 0.5) is 13.2 Å². The summed E-state index contributed by atoms with van der Waals surface area (Å²) in [5.74, 6) is -0.458. The van der Waals surface area contributed by atoms with Gasteiger partial charge in [0.25, 0.3) is 0 Å². The molecule has 1 rings (SSSR count). The lowest BCUT2D eigenvalue weighted by Gasteiger charge is -2.16. The third kappa shape index (κ3) is 3.89. The molecule has 1 aromatic carbocycles. The molecule has 1 unspecified atom stereocenters. The van der Waals surface area contributed by atoms with Crippen molar-refractivity contribution in [3.63, 3.8) is 0 Å². The van der Waals surface area contributed by atoms with E-state index in [-0.39, 0.29) is 31.4 Å². The lowest BCUT2D eigenvalue weighted by atomic mass is 10.1. The topological polar surface area (TPSA) is 55.5 Å². The van der Waals surface area contributed by atoms with E-state index >= 15 is 0 Å². The largest absolute Gasteiger partial charge is 0.493 e. The van der Waals surface area contributed by atoms with E-state index in [1.165, 1.54) is 12.1 Å². The molecule has 0 spiro atoms. The summed E-state index contributed by atoms with van der Waals surface area (Å²) in [6, 6.07) is 3.74. The van der Waals surface area contributed by atoms with Crippen molar-refractivity contribution in [2.75, 3.05) is 13.2 Å². The van der Waals surface area contributed by atoms with Crippen LogP contribution in [0.3, 0.4) is 0 Å². The maximum atomic E-state index is 12.8. The number of hydrogen-bond acceptors (Lipinski definition) is 3. The van der Waals surface area contributed by atoms with Crippen molar-refractivity contribution in [3.8, 4) is 5.75 Å². The van der Waals surface area contributed by atoms with Crippen LogP contribution >= 0.6 is 0 Å². The molecule has 3 nitrogen and oxygen atoms in total. The molecule has 6 heteroatoms. The third-order valence-corrected chi connectivity index (χ3v) is 2.42. The molecule has 102 valence electrons. The fraction of sp³-hybridized carbons (Fsp3) is 0.500. The highest BCUT2D eigenvalue weighted by Crippen LogP contribution is 2.36. The Hall–Kier alpha value is -1.27. The van der Waals surface area contributed by atoms with E-state index in [0.29, 0.717) is 5.56 Å². The van der Waals surface area contributed by atoms with Crippen molar-refractivity contribution in [2.24, 2.45) is 11.7 Å². The molecule has 0 amide bonds. The summed E-state index contributed by atoms with van der Waals surface area (Å²) < 4.78 is 43.5. The van der Waals surface area contributed by atoms with E-state index in [9.17, 15) is 13.2 Å². The van der Waals surface area contributed by atoms with Crippen molar-refractivity contribution in [3.05, 3.63) is 29.3 Å². The van der Waals surface area contributed by atoms with Gasteiger partial charge in [0.2, 0.25) is 0 Å². The third-order valence-electron chi connectivity index (χ3n) is 2.42. The van der Waals surface area contributed by atoms with Gasteiger partial charge in [0.1, 0.15) is 5.75 Å². The molecule has 0 fully saturated rings. The van der Waals surface area contributed by atoms with Gasteiger partial charge in [-0.25, -0.2) is 0 Å². The molecular formula is C12H16F3NO2. The van der Waals surface area contributed by atoms with Crippen LogP contribution in [-0.2, 0) is 12.7 Å². The highest BCUT2D eigenvalue weighted by Gasteiger charge is 2.34. The Morgan fingerprint density at radius 2 is 2.06 bits per heavy atom. The number of aliphatic hydroxyl groups excluding tert-OH is 1. The fourth-order valence-electron chi connectivity index (χ4n) is 1.34. The standard InChI is InChI=1S/C12H16F3NO2/c1-8(6-17)7-18-11-3-2-9(5-16)4-10(11)12(13,14)15/h2-4,8,17H,5-7,16H2,1H3. The van der Waals surface area contributed by atoms with Crippen LogP contribution in [0.15, 0.2) is 18.2 Å². The molecule has 0 aliphatic rings. The average Bonchev–Trinajstić information content (AvgIpc) is 2.34. The van der Waals surface area contributed by atoms with Gasteiger partial charge in [-0.2, -0.15) is 13.2 Å². The molecule has 0 bridgehead atoms. The molecular weight excluding hydrogens is 247 g/mol. The lowest BCUT2D eigenvalue weighted by Crippen LogP contribution is -2.15. The number of hydrogen-bond donors (Lipinski definition) is 2. The van der Waals surface area contributed by atoms with Crippen molar-refractivity contribution in [2.45, 2.75) is 19.6 Å². The van der Waals surface area contributed by atoms with Crippen LogP contribution < -0.4 is 10.5 Å². The van der Waals surface area contributed by atoms with Crippen LogP contribution in [0.2, 0.25) is 0 Å². The first kappa shape index (κ1) is 14.8. The van der Waals surface area contributed by atoms with Gasteiger partial charge in [-0.15, -0.1) is 0 Å². The molecule has 0 saturated carbocycles. The van der Waals surface area contributed by atoms with Gasteiger partial charge in [-0.3, -0.25) is 0 Å². The molecule has 0 aliphatic heterocycles. The Kier molecular flexibility index (Phi) is 4.98. The summed E-state index contributed by atoms with van der Waals surface area (Å²) in [5, 5.41) is 8.81. The molecule has 1 atom stereocenters. The molecule has 18 heavy (non-hydrogen) atoms. The molecule has 0 aromatic heterocycles. The van der Waals surface area contributed by atoms with Crippen molar-refractivity contribution in [1.29, 1.82) is 0 Å². The summed E-state index contributed by atoms with van der Waals surface area (Å²) in [4.78, 5) is 0. The predicted molar refractivity (Wildman–Crippen MR) is 61.1 cm³/mol. The fourth-order valence-corrected chi connectivity index (χ4v) is 1.34. The van der Waals surface area contributed by atoms with E-state index in [2.05, 4.69) is 0 Å².